The largest absolute Gasteiger partial charge is 0.370 e. The summed E-state index contributed by atoms with van der Waals surface area (Å²) in [4.78, 5) is 6.23. The van der Waals surface area contributed by atoms with E-state index in [-0.39, 0.29) is 0 Å². The van der Waals surface area contributed by atoms with Crippen LogP contribution >= 0.6 is 0 Å². The average Bonchev–Trinajstić information content (AvgIpc) is 2.78. The fourth-order valence-corrected chi connectivity index (χ4v) is 2.25. The van der Waals surface area contributed by atoms with Gasteiger partial charge in [-0.3, -0.25) is 9.67 Å². The molecule has 5 N–H and O–H groups in total. The van der Waals surface area contributed by atoms with Crippen molar-refractivity contribution in [2.75, 3.05) is 39.8 Å². The number of rotatable bonds is 9. The topological polar surface area (TPSA) is 97.5 Å². The Morgan fingerprint density at radius 3 is 2.71 bits per heavy atom. The fourth-order valence-electron chi connectivity index (χ4n) is 2.25. The number of nitrogens with one attached hydrogen (secondary N) is 1. The molecule has 0 bridgehead atoms. The van der Waals surface area contributed by atoms with Gasteiger partial charge in [-0.15, -0.1) is 0 Å². The number of aromatic nitrogens is 2. The average molecular weight is 295 g/mol. The summed E-state index contributed by atoms with van der Waals surface area (Å²) in [5.41, 5.74) is 13.6. The van der Waals surface area contributed by atoms with Gasteiger partial charge in [0.1, 0.15) is 0 Å². The van der Waals surface area contributed by atoms with Crippen LogP contribution in [0.3, 0.4) is 0 Å². The molecule has 1 aromatic heterocycles. The molecule has 7 nitrogen and oxygen atoms in total. The molecule has 21 heavy (non-hydrogen) atoms. The summed E-state index contributed by atoms with van der Waals surface area (Å²) in [5.74, 6) is 0.489. The first-order valence-electron chi connectivity index (χ1n) is 7.46. The molecule has 1 aromatic rings. The molecule has 0 aromatic carbocycles. The molecule has 0 amide bonds. The van der Waals surface area contributed by atoms with Crippen molar-refractivity contribution in [2.24, 2.45) is 16.5 Å². The molecule has 120 valence electrons. The molecule has 0 aliphatic carbocycles. The molecule has 0 saturated carbocycles. The molecule has 0 saturated heterocycles. The van der Waals surface area contributed by atoms with Gasteiger partial charge < -0.3 is 21.7 Å². The molecule has 0 aliphatic rings. The number of hydrogen-bond acceptors (Lipinski definition) is 4. The molecule has 1 heterocycles. The van der Waals surface area contributed by atoms with Crippen LogP contribution in [0, 0.1) is 13.8 Å². The van der Waals surface area contributed by atoms with E-state index < -0.39 is 0 Å². The van der Waals surface area contributed by atoms with E-state index in [1.165, 1.54) is 5.69 Å². The number of aryl methyl sites for hydroxylation is 2. The summed E-state index contributed by atoms with van der Waals surface area (Å²) in [6.45, 7) is 9.34. The summed E-state index contributed by atoms with van der Waals surface area (Å²) in [6.07, 6.45) is 1.01. The maximum Gasteiger partial charge on any atom is 0.188 e. The van der Waals surface area contributed by atoms with Crippen molar-refractivity contribution >= 4 is 5.96 Å². The molecule has 0 radical (unpaired) electrons. The van der Waals surface area contributed by atoms with E-state index in [0.717, 1.165) is 44.8 Å². The molecular weight excluding hydrogens is 266 g/mol. The standard InChI is InChI=1S/C14H29N7/c1-12-11-13(2)21(19-12)10-9-20(8-5-15)7-4-6-18-14(16)17-3/h11H,4-10,15H2,1-3H3,(H3,16,17,18). The second-order valence-electron chi connectivity index (χ2n) is 5.17. The summed E-state index contributed by atoms with van der Waals surface area (Å²) in [6, 6.07) is 2.10. The predicted molar refractivity (Wildman–Crippen MR) is 87.4 cm³/mol. The van der Waals surface area contributed by atoms with Crippen molar-refractivity contribution in [3.8, 4) is 0 Å². The molecule has 0 spiro atoms. The summed E-state index contributed by atoms with van der Waals surface area (Å²) < 4.78 is 2.05. The highest BCUT2D eigenvalue weighted by atomic mass is 15.3. The van der Waals surface area contributed by atoms with Crippen LogP contribution in [0.25, 0.3) is 0 Å². The third-order valence-corrected chi connectivity index (χ3v) is 3.37. The lowest BCUT2D eigenvalue weighted by atomic mass is 10.3. The second kappa shape index (κ2) is 9.36. The van der Waals surface area contributed by atoms with Gasteiger partial charge in [-0.2, -0.15) is 5.10 Å². The van der Waals surface area contributed by atoms with E-state index in [0.29, 0.717) is 12.5 Å². The van der Waals surface area contributed by atoms with E-state index in [1.807, 2.05) is 6.92 Å². The Kier molecular flexibility index (Phi) is 7.78. The maximum atomic E-state index is 5.69. The Labute approximate surface area is 127 Å². The van der Waals surface area contributed by atoms with Crippen molar-refractivity contribution < 1.29 is 0 Å². The smallest absolute Gasteiger partial charge is 0.188 e. The Bertz CT molecular complexity index is 439. The minimum Gasteiger partial charge on any atom is -0.370 e. The third kappa shape index (κ3) is 6.59. The molecule has 0 atom stereocenters. The van der Waals surface area contributed by atoms with Gasteiger partial charge in [-0.25, -0.2) is 0 Å². The zero-order chi connectivity index (χ0) is 15.7. The normalized spacial score (nSPS) is 12.1. The first-order valence-corrected chi connectivity index (χ1v) is 7.46. The lowest BCUT2D eigenvalue weighted by Gasteiger charge is -2.22. The predicted octanol–water partition coefficient (Wildman–Crippen LogP) is -0.315. The number of hydrogen-bond donors (Lipinski definition) is 3. The van der Waals surface area contributed by atoms with Gasteiger partial charge in [0, 0.05) is 38.9 Å². The van der Waals surface area contributed by atoms with Crippen LogP contribution < -0.4 is 16.8 Å². The highest BCUT2D eigenvalue weighted by Crippen LogP contribution is 2.02. The van der Waals surface area contributed by atoms with Gasteiger partial charge >= 0.3 is 0 Å². The van der Waals surface area contributed by atoms with Crippen LogP contribution in [0.15, 0.2) is 11.1 Å². The number of nitrogens with zero attached hydrogens (tertiary/aromatic N) is 4. The highest BCUT2D eigenvalue weighted by molar-refractivity contribution is 5.77. The molecule has 0 unspecified atom stereocenters. The van der Waals surface area contributed by atoms with E-state index in [9.17, 15) is 0 Å². The molecule has 1 rings (SSSR count). The van der Waals surface area contributed by atoms with E-state index in [1.54, 1.807) is 7.05 Å². The van der Waals surface area contributed by atoms with Gasteiger partial charge in [0.15, 0.2) is 5.96 Å². The maximum absolute atomic E-state index is 5.69. The lowest BCUT2D eigenvalue weighted by Crippen LogP contribution is -2.37. The van der Waals surface area contributed by atoms with E-state index in [2.05, 4.69) is 38.0 Å². The van der Waals surface area contributed by atoms with Crippen molar-refractivity contribution in [1.82, 2.24) is 20.0 Å². The summed E-state index contributed by atoms with van der Waals surface area (Å²) in [5, 5.41) is 7.56. The Morgan fingerprint density at radius 1 is 1.38 bits per heavy atom. The fraction of sp³-hybridized carbons (Fsp3) is 0.714. The number of aliphatic imine (C=N–C) groups is 1. The first-order chi connectivity index (χ1) is 10.1. The Hall–Kier alpha value is -1.60. The van der Waals surface area contributed by atoms with Crippen LogP contribution in [0.4, 0.5) is 0 Å². The zero-order valence-corrected chi connectivity index (χ0v) is 13.5. The second-order valence-corrected chi connectivity index (χ2v) is 5.17. The minimum atomic E-state index is 0.489. The molecule has 0 fully saturated rings. The first kappa shape index (κ1) is 17.5. The number of guanidine groups is 1. The third-order valence-electron chi connectivity index (χ3n) is 3.37. The zero-order valence-electron chi connectivity index (χ0n) is 13.5. The lowest BCUT2D eigenvalue weighted by molar-refractivity contribution is 0.261. The van der Waals surface area contributed by atoms with Gasteiger partial charge in [0.25, 0.3) is 0 Å². The van der Waals surface area contributed by atoms with Crippen molar-refractivity contribution in [3.63, 3.8) is 0 Å². The van der Waals surface area contributed by atoms with E-state index in [4.69, 9.17) is 11.5 Å². The van der Waals surface area contributed by atoms with Gasteiger partial charge in [0.05, 0.1) is 12.2 Å². The Morgan fingerprint density at radius 2 is 2.14 bits per heavy atom. The van der Waals surface area contributed by atoms with Crippen LogP contribution in [0.5, 0.6) is 0 Å². The summed E-state index contributed by atoms with van der Waals surface area (Å²) in [7, 11) is 1.68. The van der Waals surface area contributed by atoms with Crippen LogP contribution in [-0.4, -0.2) is 60.4 Å². The van der Waals surface area contributed by atoms with Gasteiger partial charge in [0.2, 0.25) is 0 Å². The minimum absolute atomic E-state index is 0.489. The van der Waals surface area contributed by atoms with Crippen molar-refractivity contribution in [2.45, 2.75) is 26.8 Å². The van der Waals surface area contributed by atoms with Crippen LogP contribution in [0.1, 0.15) is 17.8 Å². The van der Waals surface area contributed by atoms with Crippen molar-refractivity contribution in [1.29, 1.82) is 0 Å². The van der Waals surface area contributed by atoms with Crippen LogP contribution in [0.2, 0.25) is 0 Å². The van der Waals surface area contributed by atoms with E-state index >= 15 is 0 Å². The van der Waals surface area contributed by atoms with Crippen LogP contribution in [-0.2, 0) is 6.54 Å². The molecular formula is C14H29N7. The van der Waals surface area contributed by atoms with Crippen molar-refractivity contribution in [3.05, 3.63) is 17.5 Å². The molecule has 7 heteroatoms. The SMILES string of the molecule is CN=C(N)NCCCN(CCN)CCn1nc(C)cc1C. The summed E-state index contributed by atoms with van der Waals surface area (Å²) >= 11 is 0. The number of nitrogens with two attached hydrogens (primary N) is 2. The highest BCUT2D eigenvalue weighted by Gasteiger charge is 2.06. The Balaban J connectivity index is 2.34. The monoisotopic (exact) mass is 295 g/mol. The quantitative estimate of drug-likeness (QED) is 0.330. The van der Waals surface area contributed by atoms with Gasteiger partial charge in [-0.1, -0.05) is 0 Å². The van der Waals surface area contributed by atoms with Gasteiger partial charge in [-0.05, 0) is 32.9 Å². The molecule has 0 aliphatic heterocycles.